The van der Waals surface area contributed by atoms with E-state index in [4.69, 9.17) is 0 Å². The van der Waals surface area contributed by atoms with Gasteiger partial charge in [0.05, 0.1) is 0 Å². The Bertz CT molecular complexity index is 574. The first-order chi connectivity index (χ1) is 10.2. The Hall–Kier alpha value is -1.46. The van der Waals surface area contributed by atoms with Gasteiger partial charge in [-0.1, -0.05) is 28.1 Å². The third-order valence-electron chi connectivity index (χ3n) is 3.74. The van der Waals surface area contributed by atoms with Crippen LogP contribution in [0.4, 0.5) is 5.95 Å². The summed E-state index contributed by atoms with van der Waals surface area (Å²) in [6, 6.07) is 8.57. The zero-order valence-electron chi connectivity index (χ0n) is 12.2. The van der Waals surface area contributed by atoms with E-state index in [2.05, 4.69) is 60.0 Å². The summed E-state index contributed by atoms with van der Waals surface area (Å²) >= 11 is 3.48. The van der Waals surface area contributed by atoms with E-state index in [1.165, 1.54) is 5.56 Å². The summed E-state index contributed by atoms with van der Waals surface area (Å²) in [5.74, 6) is 0.851. The Labute approximate surface area is 133 Å². The molecule has 0 unspecified atom stereocenters. The summed E-state index contributed by atoms with van der Waals surface area (Å²) in [7, 11) is 0. The predicted molar refractivity (Wildman–Crippen MR) is 88.4 cm³/mol. The van der Waals surface area contributed by atoms with Crippen molar-refractivity contribution in [3.8, 4) is 0 Å². The van der Waals surface area contributed by atoms with Gasteiger partial charge in [-0.15, -0.1) is 0 Å². The molecule has 0 radical (unpaired) electrons. The number of rotatable bonds is 3. The van der Waals surface area contributed by atoms with Crippen LogP contribution in [0.2, 0.25) is 0 Å². The lowest BCUT2D eigenvalue weighted by Gasteiger charge is -2.34. The van der Waals surface area contributed by atoms with E-state index in [0.717, 1.165) is 48.7 Å². The quantitative estimate of drug-likeness (QED) is 0.855. The molecule has 0 bridgehead atoms. The van der Waals surface area contributed by atoms with Gasteiger partial charge in [0.2, 0.25) is 5.95 Å². The van der Waals surface area contributed by atoms with E-state index in [1.54, 1.807) is 0 Å². The smallest absolute Gasteiger partial charge is 0.225 e. The second kappa shape index (κ2) is 6.54. The van der Waals surface area contributed by atoms with E-state index in [1.807, 2.05) is 19.3 Å². The standard InChI is InChI=1S/C16H19BrN4/c1-13-10-18-16(19-11-13)21-8-6-20(7-9-21)12-14-2-4-15(17)5-3-14/h2-5,10-11H,6-9,12H2,1H3. The number of piperazine rings is 1. The van der Waals surface area contributed by atoms with Gasteiger partial charge < -0.3 is 4.90 Å². The minimum atomic E-state index is 0.851. The van der Waals surface area contributed by atoms with Crippen molar-refractivity contribution in [2.75, 3.05) is 31.1 Å². The van der Waals surface area contributed by atoms with Crippen LogP contribution in [0.15, 0.2) is 41.1 Å². The van der Waals surface area contributed by atoms with Crippen LogP contribution in [0.25, 0.3) is 0 Å². The summed E-state index contributed by atoms with van der Waals surface area (Å²) in [6.45, 7) is 7.09. The SMILES string of the molecule is Cc1cnc(N2CCN(Cc3ccc(Br)cc3)CC2)nc1. The molecule has 0 atom stereocenters. The predicted octanol–water partition coefficient (Wildman–Crippen LogP) is 2.87. The topological polar surface area (TPSA) is 32.3 Å². The third kappa shape index (κ3) is 3.80. The summed E-state index contributed by atoms with van der Waals surface area (Å²) in [5, 5.41) is 0. The first-order valence-electron chi connectivity index (χ1n) is 7.21. The second-order valence-electron chi connectivity index (χ2n) is 5.45. The molecule has 0 N–H and O–H groups in total. The highest BCUT2D eigenvalue weighted by molar-refractivity contribution is 9.10. The number of hydrogen-bond donors (Lipinski definition) is 0. The second-order valence-corrected chi connectivity index (χ2v) is 6.37. The summed E-state index contributed by atoms with van der Waals surface area (Å²) < 4.78 is 1.13. The summed E-state index contributed by atoms with van der Waals surface area (Å²) in [6.07, 6.45) is 3.77. The maximum absolute atomic E-state index is 4.41. The molecule has 1 aliphatic heterocycles. The highest BCUT2D eigenvalue weighted by atomic mass is 79.9. The van der Waals surface area contributed by atoms with E-state index >= 15 is 0 Å². The van der Waals surface area contributed by atoms with E-state index in [9.17, 15) is 0 Å². The molecule has 2 aromatic rings. The normalized spacial score (nSPS) is 16.2. The largest absolute Gasteiger partial charge is 0.338 e. The fourth-order valence-corrected chi connectivity index (χ4v) is 2.77. The first-order valence-corrected chi connectivity index (χ1v) is 8.00. The Kier molecular flexibility index (Phi) is 4.51. The zero-order valence-corrected chi connectivity index (χ0v) is 13.8. The van der Waals surface area contributed by atoms with Crippen LogP contribution in [0.3, 0.4) is 0 Å². The molecule has 110 valence electrons. The molecule has 5 heteroatoms. The number of aromatic nitrogens is 2. The molecule has 0 amide bonds. The number of aryl methyl sites for hydroxylation is 1. The molecule has 21 heavy (non-hydrogen) atoms. The van der Waals surface area contributed by atoms with Gasteiger partial charge in [0, 0.05) is 49.6 Å². The van der Waals surface area contributed by atoms with E-state index < -0.39 is 0 Å². The van der Waals surface area contributed by atoms with Gasteiger partial charge in [0.15, 0.2) is 0 Å². The van der Waals surface area contributed by atoms with E-state index in [0.29, 0.717) is 0 Å². The van der Waals surface area contributed by atoms with Crippen molar-refractivity contribution in [3.05, 3.63) is 52.3 Å². The number of benzene rings is 1. The molecular weight excluding hydrogens is 328 g/mol. The van der Waals surface area contributed by atoms with Crippen LogP contribution in [0, 0.1) is 6.92 Å². The van der Waals surface area contributed by atoms with Gasteiger partial charge in [-0.05, 0) is 30.2 Å². The molecular formula is C16H19BrN4. The Morgan fingerprint density at radius 2 is 1.62 bits per heavy atom. The number of hydrogen-bond acceptors (Lipinski definition) is 4. The van der Waals surface area contributed by atoms with Gasteiger partial charge in [0.25, 0.3) is 0 Å². The van der Waals surface area contributed by atoms with Crippen LogP contribution in [-0.4, -0.2) is 41.0 Å². The number of halogens is 1. The minimum Gasteiger partial charge on any atom is -0.338 e. The minimum absolute atomic E-state index is 0.851. The lowest BCUT2D eigenvalue weighted by molar-refractivity contribution is 0.248. The van der Waals surface area contributed by atoms with Crippen molar-refractivity contribution in [2.45, 2.75) is 13.5 Å². The highest BCUT2D eigenvalue weighted by Gasteiger charge is 2.18. The van der Waals surface area contributed by atoms with Crippen LogP contribution in [0.5, 0.6) is 0 Å². The van der Waals surface area contributed by atoms with Crippen molar-refractivity contribution >= 4 is 21.9 Å². The average molecular weight is 347 g/mol. The molecule has 4 nitrogen and oxygen atoms in total. The van der Waals surface area contributed by atoms with Crippen LogP contribution >= 0.6 is 15.9 Å². The molecule has 1 aliphatic rings. The fraction of sp³-hybridized carbons (Fsp3) is 0.375. The fourth-order valence-electron chi connectivity index (χ4n) is 2.50. The molecule has 1 aromatic carbocycles. The molecule has 0 aliphatic carbocycles. The van der Waals surface area contributed by atoms with Gasteiger partial charge in [-0.2, -0.15) is 0 Å². The van der Waals surface area contributed by atoms with Crippen molar-refractivity contribution in [3.63, 3.8) is 0 Å². The van der Waals surface area contributed by atoms with Crippen molar-refractivity contribution in [2.24, 2.45) is 0 Å². The van der Waals surface area contributed by atoms with Crippen LogP contribution < -0.4 is 4.90 Å². The monoisotopic (exact) mass is 346 g/mol. The Balaban J connectivity index is 1.55. The highest BCUT2D eigenvalue weighted by Crippen LogP contribution is 2.15. The van der Waals surface area contributed by atoms with E-state index in [-0.39, 0.29) is 0 Å². The number of anilines is 1. The summed E-state index contributed by atoms with van der Waals surface area (Å²) in [4.78, 5) is 13.6. The van der Waals surface area contributed by atoms with Gasteiger partial charge >= 0.3 is 0 Å². The first kappa shape index (κ1) is 14.5. The molecule has 1 fully saturated rings. The molecule has 3 rings (SSSR count). The Morgan fingerprint density at radius 1 is 1.00 bits per heavy atom. The molecule has 2 heterocycles. The van der Waals surface area contributed by atoms with Gasteiger partial charge in [-0.25, -0.2) is 9.97 Å². The maximum Gasteiger partial charge on any atom is 0.225 e. The summed E-state index contributed by atoms with van der Waals surface area (Å²) in [5.41, 5.74) is 2.46. The maximum atomic E-state index is 4.41. The van der Waals surface area contributed by atoms with Gasteiger partial charge in [0.1, 0.15) is 0 Å². The lowest BCUT2D eigenvalue weighted by Crippen LogP contribution is -2.46. The van der Waals surface area contributed by atoms with Crippen molar-refractivity contribution in [1.29, 1.82) is 0 Å². The molecule has 1 aromatic heterocycles. The average Bonchev–Trinajstić information content (AvgIpc) is 2.51. The lowest BCUT2D eigenvalue weighted by atomic mass is 10.2. The molecule has 0 spiro atoms. The van der Waals surface area contributed by atoms with Crippen LogP contribution in [-0.2, 0) is 6.54 Å². The number of nitrogens with zero attached hydrogens (tertiary/aromatic N) is 4. The zero-order chi connectivity index (χ0) is 14.7. The van der Waals surface area contributed by atoms with Gasteiger partial charge in [-0.3, -0.25) is 4.90 Å². The van der Waals surface area contributed by atoms with Crippen molar-refractivity contribution < 1.29 is 0 Å². The molecule has 1 saturated heterocycles. The van der Waals surface area contributed by atoms with Crippen LogP contribution in [0.1, 0.15) is 11.1 Å². The Morgan fingerprint density at radius 3 is 2.24 bits per heavy atom. The molecule has 0 saturated carbocycles. The third-order valence-corrected chi connectivity index (χ3v) is 4.27. The van der Waals surface area contributed by atoms with Crippen molar-refractivity contribution in [1.82, 2.24) is 14.9 Å².